The molecule has 4 aliphatic rings. The first kappa shape index (κ1) is 15.3. The Morgan fingerprint density at radius 3 is 1.20 bits per heavy atom. The predicted octanol–water partition coefficient (Wildman–Crippen LogP) is 5.87. The molecule has 0 unspecified atom stereocenters. The topological polar surface area (TPSA) is 0 Å². The van der Waals surface area contributed by atoms with Crippen LogP contribution in [0.15, 0.2) is 0 Å². The Morgan fingerprint density at radius 2 is 1.00 bits per heavy atom. The number of hydrogen-bond donors (Lipinski definition) is 0. The van der Waals surface area contributed by atoms with Crippen LogP contribution in [0.2, 0.25) is 8.02 Å². The van der Waals surface area contributed by atoms with E-state index < -0.39 is 7.25 Å². The van der Waals surface area contributed by atoms with Crippen molar-refractivity contribution in [3.8, 4) is 0 Å². The van der Waals surface area contributed by atoms with Crippen molar-refractivity contribution in [1.82, 2.24) is 0 Å². The Bertz CT molecular complexity index is 321. The van der Waals surface area contributed by atoms with E-state index in [1.54, 1.807) is 64.2 Å². The number of hydrogen-bond acceptors (Lipinski definition) is 0. The van der Waals surface area contributed by atoms with Gasteiger partial charge in [0.2, 0.25) is 0 Å². The summed E-state index contributed by atoms with van der Waals surface area (Å²) in [4.78, 5) is 0. The Hall–Kier alpha value is 0.408. The quantitative estimate of drug-likeness (QED) is 0.415. The summed E-state index contributed by atoms with van der Waals surface area (Å²) in [5, 5.41) is 0. The van der Waals surface area contributed by atoms with Crippen LogP contribution in [0.25, 0.3) is 0 Å². The Balaban J connectivity index is 0.000000213. The van der Waals surface area contributed by atoms with E-state index >= 15 is 0 Å². The van der Waals surface area contributed by atoms with Crippen molar-refractivity contribution in [1.29, 1.82) is 0 Å². The molecule has 0 atom stereocenters. The molecule has 0 saturated heterocycles. The molecule has 4 bridgehead atoms. The van der Waals surface area contributed by atoms with Gasteiger partial charge >= 0.3 is 108 Å². The molecule has 0 aliphatic heterocycles. The molecule has 6 heteroatoms. The normalized spacial score (nSPS) is 45.8. The van der Waals surface area contributed by atoms with Crippen LogP contribution in [-0.4, -0.2) is 7.25 Å². The standard InChI is InChI=1S/2C7H11.BF4.Rh/c2*1-2-7-4-3-6(1)5-7;2-1(3,4)5;/h2*6H,1-5H2;;/q;;2*-1. The minimum atomic E-state index is -6.00. The summed E-state index contributed by atoms with van der Waals surface area (Å²) < 4.78 is 40.9. The number of halogens is 4. The van der Waals surface area contributed by atoms with Crippen molar-refractivity contribution < 1.29 is 34.4 Å². The molecule has 4 rings (SSSR count). The zero-order chi connectivity index (χ0) is 14.4. The Labute approximate surface area is 126 Å². The van der Waals surface area contributed by atoms with Gasteiger partial charge in [0.1, 0.15) is 0 Å². The summed E-state index contributed by atoms with van der Waals surface area (Å²) in [5.74, 6) is 2.34. The van der Waals surface area contributed by atoms with Crippen molar-refractivity contribution in [2.24, 2.45) is 11.8 Å². The van der Waals surface area contributed by atoms with E-state index in [0.29, 0.717) is 0 Å². The average Bonchev–Trinajstić information content (AvgIpc) is 3.04. The average molecular weight is 380 g/mol. The zero-order valence-corrected chi connectivity index (χ0v) is 13.3. The minimum Gasteiger partial charge on any atom is -0.418 e. The number of fused-ring (bicyclic) bond motifs is 4. The van der Waals surface area contributed by atoms with E-state index in [2.05, 4.69) is 0 Å². The summed E-state index contributed by atoms with van der Waals surface area (Å²) >= 11 is 0.934. The predicted molar refractivity (Wildman–Crippen MR) is 68.7 cm³/mol. The van der Waals surface area contributed by atoms with Gasteiger partial charge in [-0.05, 0) is 0 Å². The van der Waals surface area contributed by atoms with Gasteiger partial charge in [0, 0.05) is 0 Å². The fourth-order valence-electron chi connectivity index (χ4n) is 4.80. The van der Waals surface area contributed by atoms with Crippen molar-refractivity contribution in [3.05, 3.63) is 0 Å². The second-order valence-electron chi connectivity index (χ2n) is 7.08. The van der Waals surface area contributed by atoms with E-state index in [-0.39, 0.29) is 0 Å². The maximum Gasteiger partial charge on any atom is 0.673 e. The van der Waals surface area contributed by atoms with E-state index in [1.165, 1.54) is 11.8 Å². The Kier molecular flexibility index (Phi) is 4.02. The molecule has 0 spiro atoms. The monoisotopic (exact) mass is 380 g/mol. The van der Waals surface area contributed by atoms with Gasteiger partial charge in [-0.25, -0.2) is 0 Å². The molecule has 0 amide bonds. The van der Waals surface area contributed by atoms with E-state index in [4.69, 9.17) is 0 Å². The second-order valence-corrected chi connectivity index (χ2v) is 11.0. The largest absolute Gasteiger partial charge is 0.673 e. The summed E-state index contributed by atoms with van der Waals surface area (Å²) in [5.41, 5.74) is 0. The van der Waals surface area contributed by atoms with Gasteiger partial charge in [-0.15, -0.1) is 0 Å². The summed E-state index contributed by atoms with van der Waals surface area (Å²) in [6.07, 6.45) is 16.2. The molecule has 0 N–H and O–H groups in total. The maximum atomic E-state index is 9.75. The molecule has 120 valence electrons. The SMILES string of the molecule is C1C[C]2([Rh-][C]34CCC(CC3)C4)CCC1C2.F[B-](F)(F)F. The molecule has 0 heterocycles. The molecule has 4 aliphatic carbocycles. The molecular formula is C14H22BF4Rh-2. The molecule has 4 saturated carbocycles. The fraction of sp³-hybridized carbons (Fsp3) is 1.00. The molecule has 0 radical (unpaired) electrons. The molecule has 0 aromatic heterocycles. The van der Waals surface area contributed by atoms with Gasteiger partial charge in [0.15, 0.2) is 0 Å². The van der Waals surface area contributed by atoms with Crippen LogP contribution >= 0.6 is 0 Å². The molecule has 0 aromatic rings. The second kappa shape index (κ2) is 5.25. The maximum absolute atomic E-state index is 9.75. The van der Waals surface area contributed by atoms with Crippen LogP contribution < -0.4 is 0 Å². The van der Waals surface area contributed by atoms with Crippen LogP contribution in [0.1, 0.15) is 64.2 Å². The third kappa shape index (κ3) is 3.42. The zero-order valence-electron chi connectivity index (χ0n) is 11.6. The van der Waals surface area contributed by atoms with Gasteiger partial charge in [0.25, 0.3) is 0 Å². The molecule has 20 heavy (non-hydrogen) atoms. The molecular weight excluding hydrogens is 358 g/mol. The minimum absolute atomic E-state index is 0.934. The van der Waals surface area contributed by atoms with Crippen LogP contribution in [0.5, 0.6) is 0 Å². The van der Waals surface area contributed by atoms with Crippen LogP contribution in [0, 0.1) is 11.8 Å². The summed E-state index contributed by atoms with van der Waals surface area (Å²) in [6.45, 7) is 0. The first-order chi connectivity index (χ1) is 9.28. The van der Waals surface area contributed by atoms with Crippen molar-refractivity contribution >= 4 is 7.25 Å². The van der Waals surface area contributed by atoms with Gasteiger partial charge in [-0.2, -0.15) is 0 Å². The van der Waals surface area contributed by atoms with Gasteiger partial charge in [0.05, 0.1) is 0 Å². The molecule has 0 aromatic carbocycles. The van der Waals surface area contributed by atoms with Gasteiger partial charge < -0.3 is 17.3 Å². The molecule has 0 nitrogen and oxygen atoms in total. The van der Waals surface area contributed by atoms with E-state index in [9.17, 15) is 17.3 Å². The summed E-state index contributed by atoms with van der Waals surface area (Å²) in [6, 6.07) is 0. The van der Waals surface area contributed by atoms with Crippen LogP contribution in [-0.2, 0) is 17.1 Å². The van der Waals surface area contributed by atoms with Crippen molar-refractivity contribution in [2.75, 3.05) is 0 Å². The van der Waals surface area contributed by atoms with E-state index in [0.717, 1.165) is 25.1 Å². The van der Waals surface area contributed by atoms with Crippen LogP contribution in [0.3, 0.4) is 0 Å². The molecule has 4 fully saturated rings. The summed E-state index contributed by atoms with van der Waals surface area (Å²) in [7, 11) is -6.00. The van der Waals surface area contributed by atoms with Crippen molar-refractivity contribution in [3.63, 3.8) is 0 Å². The third-order valence-corrected chi connectivity index (χ3v) is 9.65. The third-order valence-electron chi connectivity index (χ3n) is 5.60. The van der Waals surface area contributed by atoms with Crippen LogP contribution in [0.4, 0.5) is 17.3 Å². The Morgan fingerprint density at radius 1 is 0.700 bits per heavy atom. The van der Waals surface area contributed by atoms with E-state index in [1.807, 2.05) is 0 Å². The first-order valence-electron chi connectivity index (χ1n) is 7.78. The first-order valence-corrected chi connectivity index (χ1v) is 9.42. The smallest absolute Gasteiger partial charge is 0.418 e. The van der Waals surface area contributed by atoms with Gasteiger partial charge in [-0.3, -0.25) is 0 Å². The number of rotatable bonds is 2. The van der Waals surface area contributed by atoms with Gasteiger partial charge in [-0.1, -0.05) is 0 Å². The van der Waals surface area contributed by atoms with Crippen molar-refractivity contribution in [2.45, 2.75) is 72.2 Å². The fourth-order valence-corrected chi connectivity index (χ4v) is 9.69.